The van der Waals surface area contributed by atoms with Crippen molar-refractivity contribution in [3.8, 4) is 5.75 Å². The van der Waals surface area contributed by atoms with E-state index in [4.69, 9.17) is 4.74 Å². The first-order valence-corrected chi connectivity index (χ1v) is 11.0. The van der Waals surface area contributed by atoms with Gasteiger partial charge in [0.25, 0.3) is 15.9 Å². The standard InChI is InChI=1S/C21H26N2O4S/c1-17-15-19(28(25,26)22-18-9-5-4-6-10-18)11-12-20(17)27-16-21(24)23-13-7-2-3-8-14-23/h4-6,9-12,15,22H,2-3,7-8,13-14,16H2,1H3. The third-order valence-corrected chi connectivity index (χ3v) is 6.17. The molecule has 0 spiro atoms. The van der Waals surface area contributed by atoms with E-state index in [9.17, 15) is 13.2 Å². The molecule has 1 saturated heterocycles. The number of likely N-dealkylation sites (tertiary alicyclic amines) is 1. The number of nitrogens with zero attached hydrogens (tertiary/aromatic N) is 1. The molecule has 0 unspecified atom stereocenters. The molecular weight excluding hydrogens is 376 g/mol. The van der Waals surface area contributed by atoms with Gasteiger partial charge in [0.05, 0.1) is 4.90 Å². The number of aryl methyl sites for hydroxylation is 1. The smallest absolute Gasteiger partial charge is 0.261 e. The van der Waals surface area contributed by atoms with Gasteiger partial charge in [0.2, 0.25) is 0 Å². The number of benzene rings is 2. The molecule has 1 N–H and O–H groups in total. The van der Waals surface area contributed by atoms with E-state index in [0.29, 0.717) is 17.0 Å². The van der Waals surface area contributed by atoms with Crippen molar-refractivity contribution in [2.45, 2.75) is 37.5 Å². The van der Waals surface area contributed by atoms with Crippen LogP contribution in [0.1, 0.15) is 31.2 Å². The first kappa shape index (κ1) is 20.2. The highest BCUT2D eigenvalue weighted by Gasteiger charge is 2.18. The fourth-order valence-electron chi connectivity index (χ4n) is 3.22. The van der Waals surface area contributed by atoms with Crippen LogP contribution in [-0.2, 0) is 14.8 Å². The van der Waals surface area contributed by atoms with Gasteiger partial charge in [0.1, 0.15) is 5.75 Å². The molecule has 150 valence electrons. The molecule has 28 heavy (non-hydrogen) atoms. The lowest BCUT2D eigenvalue weighted by Crippen LogP contribution is -2.35. The average molecular weight is 403 g/mol. The molecule has 7 heteroatoms. The van der Waals surface area contributed by atoms with Gasteiger partial charge in [0.15, 0.2) is 6.61 Å². The summed E-state index contributed by atoms with van der Waals surface area (Å²) in [6.45, 7) is 3.30. The number of hydrogen-bond acceptors (Lipinski definition) is 4. The summed E-state index contributed by atoms with van der Waals surface area (Å²) in [4.78, 5) is 14.4. The molecule has 6 nitrogen and oxygen atoms in total. The molecule has 1 heterocycles. The Morgan fingerprint density at radius 2 is 1.71 bits per heavy atom. The minimum Gasteiger partial charge on any atom is -0.483 e. The number of carbonyl (C=O) groups excluding carboxylic acids is 1. The summed E-state index contributed by atoms with van der Waals surface area (Å²) in [5, 5.41) is 0. The maximum Gasteiger partial charge on any atom is 0.261 e. The predicted octanol–water partition coefficient (Wildman–Crippen LogP) is 3.58. The Kier molecular flexibility index (Phi) is 6.57. The highest BCUT2D eigenvalue weighted by molar-refractivity contribution is 7.92. The van der Waals surface area contributed by atoms with Gasteiger partial charge in [-0.25, -0.2) is 8.42 Å². The van der Waals surface area contributed by atoms with E-state index in [1.807, 2.05) is 11.0 Å². The Morgan fingerprint density at radius 1 is 1.04 bits per heavy atom. The summed E-state index contributed by atoms with van der Waals surface area (Å²) < 4.78 is 33.3. The molecule has 1 aliphatic rings. The van der Waals surface area contributed by atoms with Crippen molar-refractivity contribution in [3.63, 3.8) is 0 Å². The second-order valence-corrected chi connectivity index (χ2v) is 8.66. The minimum atomic E-state index is -3.69. The van der Waals surface area contributed by atoms with E-state index < -0.39 is 10.0 Å². The van der Waals surface area contributed by atoms with E-state index >= 15 is 0 Å². The maximum atomic E-state index is 12.6. The van der Waals surface area contributed by atoms with Crippen molar-refractivity contribution < 1.29 is 17.9 Å². The highest BCUT2D eigenvalue weighted by atomic mass is 32.2. The van der Waals surface area contributed by atoms with Crippen LogP contribution in [0, 0.1) is 6.92 Å². The summed E-state index contributed by atoms with van der Waals surface area (Å²) in [6, 6.07) is 13.4. The molecule has 0 atom stereocenters. The number of nitrogens with one attached hydrogen (secondary N) is 1. The van der Waals surface area contributed by atoms with Crippen LogP contribution in [0.15, 0.2) is 53.4 Å². The normalized spacial score (nSPS) is 15.0. The minimum absolute atomic E-state index is 0.0243. The van der Waals surface area contributed by atoms with Gasteiger partial charge in [-0.15, -0.1) is 0 Å². The summed E-state index contributed by atoms with van der Waals surface area (Å²) in [7, 11) is -3.69. The topological polar surface area (TPSA) is 75.7 Å². The largest absolute Gasteiger partial charge is 0.483 e. The van der Waals surface area contributed by atoms with Gasteiger partial charge in [-0.2, -0.15) is 0 Å². The number of para-hydroxylation sites is 1. The monoisotopic (exact) mass is 402 g/mol. The molecule has 2 aromatic rings. The molecule has 0 aromatic heterocycles. The number of hydrogen-bond donors (Lipinski definition) is 1. The number of carbonyl (C=O) groups is 1. The molecule has 0 aliphatic carbocycles. The van der Waals surface area contributed by atoms with E-state index in [0.717, 1.165) is 38.8 Å². The second kappa shape index (κ2) is 9.10. The van der Waals surface area contributed by atoms with E-state index in [-0.39, 0.29) is 17.4 Å². The lowest BCUT2D eigenvalue weighted by atomic mass is 10.2. The molecule has 2 aromatic carbocycles. The van der Waals surface area contributed by atoms with Crippen LogP contribution in [-0.4, -0.2) is 38.9 Å². The van der Waals surface area contributed by atoms with Crippen molar-refractivity contribution in [1.29, 1.82) is 0 Å². The maximum absolute atomic E-state index is 12.6. The van der Waals surface area contributed by atoms with Gasteiger partial charge in [-0.1, -0.05) is 31.0 Å². The zero-order valence-electron chi connectivity index (χ0n) is 16.1. The number of anilines is 1. The van der Waals surface area contributed by atoms with Gasteiger partial charge in [-0.05, 0) is 55.7 Å². The quantitative estimate of drug-likeness (QED) is 0.801. The Bertz CT molecular complexity index is 905. The second-order valence-electron chi connectivity index (χ2n) is 6.98. The van der Waals surface area contributed by atoms with Crippen molar-refractivity contribution in [2.24, 2.45) is 0 Å². The van der Waals surface area contributed by atoms with Crippen LogP contribution in [0.5, 0.6) is 5.75 Å². The molecular formula is C21H26N2O4S. The van der Waals surface area contributed by atoms with Crippen molar-refractivity contribution in [3.05, 3.63) is 54.1 Å². The Labute approximate surface area is 166 Å². The summed E-state index contributed by atoms with van der Waals surface area (Å²) in [6.07, 6.45) is 4.39. The fraction of sp³-hybridized carbons (Fsp3) is 0.381. The van der Waals surface area contributed by atoms with Crippen molar-refractivity contribution >= 4 is 21.6 Å². The SMILES string of the molecule is Cc1cc(S(=O)(=O)Nc2ccccc2)ccc1OCC(=O)N1CCCCCC1. The Hall–Kier alpha value is -2.54. The summed E-state index contributed by atoms with van der Waals surface area (Å²) in [5.74, 6) is 0.491. The molecule has 1 aliphatic heterocycles. The molecule has 3 rings (SSSR count). The molecule has 1 amide bonds. The molecule has 0 saturated carbocycles. The van der Waals surface area contributed by atoms with E-state index in [2.05, 4.69) is 4.72 Å². The molecule has 0 bridgehead atoms. The fourth-order valence-corrected chi connectivity index (χ4v) is 4.37. The lowest BCUT2D eigenvalue weighted by Gasteiger charge is -2.20. The lowest BCUT2D eigenvalue weighted by molar-refractivity contribution is -0.133. The number of sulfonamides is 1. The van der Waals surface area contributed by atoms with Crippen LogP contribution in [0.25, 0.3) is 0 Å². The first-order chi connectivity index (χ1) is 13.5. The van der Waals surface area contributed by atoms with Crippen LogP contribution in [0.4, 0.5) is 5.69 Å². The Morgan fingerprint density at radius 3 is 2.36 bits per heavy atom. The number of amides is 1. The van der Waals surface area contributed by atoms with Gasteiger partial charge >= 0.3 is 0 Å². The van der Waals surface area contributed by atoms with Crippen LogP contribution < -0.4 is 9.46 Å². The number of ether oxygens (including phenoxy) is 1. The Balaban J connectivity index is 1.64. The zero-order chi connectivity index (χ0) is 20.0. The summed E-state index contributed by atoms with van der Waals surface area (Å²) in [5.41, 5.74) is 1.17. The number of rotatable bonds is 6. The van der Waals surface area contributed by atoms with E-state index in [1.54, 1.807) is 43.3 Å². The zero-order valence-corrected chi connectivity index (χ0v) is 16.9. The molecule has 0 radical (unpaired) electrons. The van der Waals surface area contributed by atoms with Crippen molar-refractivity contribution in [1.82, 2.24) is 4.90 Å². The average Bonchev–Trinajstić information content (AvgIpc) is 2.97. The van der Waals surface area contributed by atoms with Gasteiger partial charge < -0.3 is 9.64 Å². The third-order valence-electron chi connectivity index (χ3n) is 4.79. The van der Waals surface area contributed by atoms with Crippen LogP contribution in [0.2, 0.25) is 0 Å². The third kappa shape index (κ3) is 5.25. The highest BCUT2D eigenvalue weighted by Crippen LogP contribution is 2.23. The summed E-state index contributed by atoms with van der Waals surface area (Å²) >= 11 is 0. The molecule has 1 fully saturated rings. The predicted molar refractivity (Wildman–Crippen MR) is 109 cm³/mol. The van der Waals surface area contributed by atoms with Crippen molar-refractivity contribution in [2.75, 3.05) is 24.4 Å². The van der Waals surface area contributed by atoms with Crippen LogP contribution >= 0.6 is 0 Å². The first-order valence-electron chi connectivity index (χ1n) is 9.55. The van der Waals surface area contributed by atoms with Crippen LogP contribution in [0.3, 0.4) is 0 Å². The van der Waals surface area contributed by atoms with Gasteiger partial charge in [0, 0.05) is 18.8 Å². The van der Waals surface area contributed by atoms with E-state index in [1.165, 1.54) is 6.07 Å². The van der Waals surface area contributed by atoms with Gasteiger partial charge in [-0.3, -0.25) is 9.52 Å².